The van der Waals surface area contributed by atoms with Crippen LogP contribution in [0.2, 0.25) is 0 Å². The molecule has 0 aliphatic carbocycles. The van der Waals surface area contributed by atoms with Crippen LogP contribution in [0, 0.1) is 17.6 Å². The summed E-state index contributed by atoms with van der Waals surface area (Å²) in [5.41, 5.74) is 4.71. The SMILES string of the molecule is CC(C)(F)CN1CCC(COc2ccc(-c3ccc(C(O)N4CCCC[C@@H]4C(N)=O)cc3F)c(F)c2)CC1. The molecule has 0 aromatic heterocycles. The number of primary amides is 1. The zero-order valence-electron chi connectivity index (χ0n) is 22.1. The maximum Gasteiger partial charge on any atom is 0.234 e. The molecule has 2 aliphatic rings. The lowest BCUT2D eigenvalue weighted by atomic mass is 9.96. The molecule has 208 valence electrons. The van der Waals surface area contributed by atoms with Gasteiger partial charge in [-0.25, -0.2) is 13.2 Å². The van der Waals surface area contributed by atoms with Crippen LogP contribution >= 0.6 is 0 Å². The van der Waals surface area contributed by atoms with Gasteiger partial charge in [-0.2, -0.15) is 0 Å². The minimum atomic E-state index is -1.22. The number of alkyl halides is 1. The number of hydrogen-bond donors (Lipinski definition) is 2. The molecular formula is C29H38F3N3O3. The number of likely N-dealkylation sites (tertiary alicyclic amines) is 2. The van der Waals surface area contributed by atoms with Crippen LogP contribution < -0.4 is 10.5 Å². The first-order valence-electron chi connectivity index (χ1n) is 13.4. The number of aliphatic hydroxyl groups is 1. The first-order valence-corrected chi connectivity index (χ1v) is 13.4. The van der Waals surface area contributed by atoms with E-state index in [1.165, 1.54) is 30.3 Å². The van der Waals surface area contributed by atoms with Crippen molar-refractivity contribution in [2.24, 2.45) is 11.7 Å². The lowest BCUT2D eigenvalue weighted by Crippen LogP contribution is -2.49. The van der Waals surface area contributed by atoms with Gasteiger partial charge in [0.15, 0.2) is 0 Å². The first kappa shape index (κ1) is 28.4. The number of carbonyl (C=O) groups is 1. The van der Waals surface area contributed by atoms with Crippen molar-refractivity contribution >= 4 is 5.91 Å². The van der Waals surface area contributed by atoms with Crippen LogP contribution in [0.5, 0.6) is 5.75 Å². The Balaban J connectivity index is 1.37. The average Bonchev–Trinajstić information content (AvgIpc) is 2.87. The molecule has 2 aromatic rings. The highest BCUT2D eigenvalue weighted by molar-refractivity contribution is 5.80. The highest BCUT2D eigenvalue weighted by Crippen LogP contribution is 2.33. The third-order valence-corrected chi connectivity index (χ3v) is 7.50. The van der Waals surface area contributed by atoms with E-state index in [4.69, 9.17) is 10.5 Å². The number of nitrogens with two attached hydrogens (primary N) is 1. The Labute approximate surface area is 222 Å². The quantitative estimate of drug-likeness (QED) is 0.484. The molecule has 1 unspecified atom stereocenters. The summed E-state index contributed by atoms with van der Waals surface area (Å²) in [6, 6.07) is 7.89. The Morgan fingerprint density at radius 2 is 1.71 bits per heavy atom. The Kier molecular flexibility index (Phi) is 9.00. The zero-order chi connectivity index (χ0) is 27.4. The maximum atomic E-state index is 15.1. The molecule has 4 rings (SSSR count). The number of nitrogens with zero attached hydrogens (tertiary/aromatic N) is 2. The normalized spacial score (nSPS) is 20.8. The van der Waals surface area contributed by atoms with Gasteiger partial charge in [-0.05, 0) is 82.3 Å². The molecule has 2 saturated heterocycles. The maximum absolute atomic E-state index is 15.1. The summed E-state index contributed by atoms with van der Waals surface area (Å²) in [5, 5.41) is 10.8. The second-order valence-corrected chi connectivity index (χ2v) is 11.2. The number of aliphatic hydroxyl groups excluding tert-OH is 1. The van der Waals surface area contributed by atoms with Crippen LogP contribution in [-0.2, 0) is 4.79 Å². The number of benzene rings is 2. The van der Waals surface area contributed by atoms with Gasteiger partial charge >= 0.3 is 0 Å². The van der Waals surface area contributed by atoms with Crippen molar-refractivity contribution in [3.63, 3.8) is 0 Å². The molecule has 2 heterocycles. The summed E-state index contributed by atoms with van der Waals surface area (Å²) in [4.78, 5) is 15.5. The van der Waals surface area contributed by atoms with E-state index in [1.54, 1.807) is 24.8 Å². The molecule has 1 amide bonds. The van der Waals surface area contributed by atoms with Gasteiger partial charge in [-0.1, -0.05) is 18.6 Å². The van der Waals surface area contributed by atoms with Gasteiger partial charge in [0.2, 0.25) is 5.91 Å². The summed E-state index contributed by atoms with van der Waals surface area (Å²) in [6.07, 6.45) is 2.77. The van der Waals surface area contributed by atoms with Gasteiger partial charge in [-0.3, -0.25) is 9.69 Å². The highest BCUT2D eigenvalue weighted by atomic mass is 19.1. The van der Waals surface area contributed by atoms with E-state index in [1.807, 2.05) is 0 Å². The summed E-state index contributed by atoms with van der Waals surface area (Å²) in [5.74, 6) is -1.13. The number of halogens is 3. The van der Waals surface area contributed by atoms with E-state index in [-0.39, 0.29) is 16.7 Å². The van der Waals surface area contributed by atoms with Crippen molar-refractivity contribution in [1.82, 2.24) is 9.80 Å². The third kappa shape index (κ3) is 7.07. The van der Waals surface area contributed by atoms with Crippen molar-refractivity contribution in [3.8, 4) is 16.9 Å². The number of ether oxygens (including phenoxy) is 1. The fraction of sp³-hybridized carbons (Fsp3) is 0.552. The third-order valence-electron chi connectivity index (χ3n) is 7.50. The van der Waals surface area contributed by atoms with E-state index in [0.717, 1.165) is 38.8 Å². The fourth-order valence-corrected chi connectivity index (χ4v) is 5.52. The smallest absolute Gasteiger partial charge is 0.234 e. The molecule has 3 N–H and O–H groups in total. The van der Waals surface area contributed by atoms with Crippen molar-refractivity contribution in [3.05, 3.63) is 53.6 Å². The van der Waals surface area contributed by atoms with Crippen LogP contribution in [-0.4, -0.2) is 65.3 Å². The second-order valence-electron chi connectivity index (χ2n) is 11.2. The molecule has 2 aromatic carbocycles. The molecular weight excluding hydrogens is 495 g/mol. The lowest BCUT2D eigenvalue weighted by Gasteiger charge is -2.37. The molecule has 6 nitrogen and oxygen atoms in total. The van der Waals surface area contributed by atoms with Crippen molar-refractivity contribution < 1.29 is 27.8 Å². The van der Waals surface area contributed by atoms with Gasteiger partial charge in [0.05, 0.1) is 12.6 Å². The molecule has 2 aliphatic heterocycles. The molecule has 9 heteroatoms. The molecule has 0 spiro atoms. The van der Waals surface area contributed by atoms with E-state index in [2.05, 4.69) is 4.90 Å². The first-order chi connectivity index (χ1) is 18.0. The number of rotatable bonds is 9. The monoisotopic (exact) mass is 533 g/mol. The second kappa shape index (κ2) is 12.1. The number of piperidine rings is 2. The van der Waals surface area contributed by atoms with Crippen LogP contribution in [0.4, 0.5) is 13.2 Å². The molecule has 38 heavy (non-hydrogen) atoms. The highest BCUT2D eigenvalue weighted by Gasteiger charge is 2.32. The zero-order valence-corrected chi connectivity index (χ0v) is 22.1. The van der Waals surface area contributed by atoms with E-state index >= 15 is 4.39 Å². The minimum Gasteiger partial charge on any atom is -0.493 e. The Morgan fingerprint density at radius 3 is 2.32 bits per heavy atom. The Hall–Kier alpha value is -2.62. The van der Waals surface area contributed by atoms with E-state index in [0.29, 0.717) is 37.8 Å². The fourth-order valence-electron chi connectivity index (χ4n) is 5.52. The average molecular weight is 534 g/mol. The number of amides is 1. The largest absolute Gasteiger partial charge is 0.493 e. The van der Waals surface area contributed by atoms with Crippen molar-refractivity contribution in [1.29, 1.82) is 0 Å². The number of carbonyl (C=O) groups excluding carboxylic acids is 1. The van der Waals surface area contributed by atoms with E-state index < -0.39 is 35.5 Å². The van der Waals surface area contributed by atoms with Crippen molar-refractivity contribution in [2.75, 3.05) is 32.8 Å². The van der Waals surface area contributed by atoms with Gasteiger partial charge in [0.25, 0.3) is 0 Å². The predicted octanol–water partition coefficient (Wildman–Crippen LogP) is 4.80. The standard InChI is InChI=1S/C29H38F3N3O3/c1-29(2,32)18-34-13-10-19(11-14-34)17-38-21-7-9-23(25(31)16-21)22-8-6-20(15-24(22)30)28(37)35-12-4-3-5-26(35)27(33)36/h6-9,15-16,19,26,28,37H,3-5,10-14,17-18H2,1-2H3,(H2,33,36)/t26-,28?/m1/s1. The predicted molar refractivity (Wildman–Crippen MR) is 140 cm³/mol. The molecule has 2 atom stereocenters. The van der Waals surface area contributed by atoms with Crippen molar-refractivity contribution in [2.45, 2.75) is 63.9 Å². The summed E-state index contributed by atoms with van der Waals surface area (Å²) in [6.45, 7) is 6.11. The van der Waals surface area contributed by atoms with E-state index in [9.17, 15) is 18.7 Å². The number of hydrogen-bond acceptors (Lipinski definition) is 5. The molecule has 0 bridgehead atoms. The van der Waals surface area contributed by atoms with Gasteiger partial charge in [-0.15, -0.1) is 0 Å². The molecule has 2 fully saturated rings. The van der Waals surface area contributed by atoms with Crippen LogP contribution in [0.15, 0.2) is 36.4 Å². The summed E-state index contributed by atoms with van der Waals surface area (Å²) in [7, 11) is 0. The minimum absolute atomic E-state index is 0.0678. The topological polar surface area (TPSA) is 79.0 Å². The Bertz CT molecular complexity index is 1120. The van der Waals surface area contributed by atoms with Gasteiger partial charge < -0.3 is 20.5 Å². The van der Waals surface area contributed by atoms with Crippen LogP contribution in [0.25, 0.3) is 11.1 Å². The van der Waals surface area contributed by atoms with Crippen LogP contribution in [0.1, 0.15) is 57.7 Å². The molecule has 0 radical (unpaired) electrons. The van der Waals surface area contributed by atoms with Gasteiger partial charge in [0, 0.05) is 30.3 Å². The summed E-state index contributed by atoms with van der Waals surface area (Å²) < 4.78 is 49.8. The van der Waals surface area contributed by atoms with Crippen LogP contribution in [0.3, 0.4) is 0 Å². The molecule has 0 saturated carbocycles. The van der Waals surface area contributed by atoms with Gasteiger partial charge in [0.1, 0.15) is 29.3 Å². The summed E-state index contributed by atoms with van der Waals surface area (Å²) >= 11 is 0. The Morgan fingerprint density at radius 1 is 1.05 bits per heavy atom. The lowest BCUT2D eigenvalue weighted by molar-refractivity contribution is -0.131.